The van der Waals surface area contributed by atoms with Crippen LogP contribution in [0.2, 0.25) is 0 Å². The minimum atomic E-state index is -4.41. The van der Waals surface area contributed by atoms with Crippen LogP contribution >= 0.6 is 11.3 Å². The Hall–Kier alpha value is -2.55. The number of aromatic amines is 1. The summed E-state index contributed by atoms with van der Waals surface area (Å²) in [5, 5.41) is 4.00. The lowest BCUT2D eigenvalue weighted by Crippen LogP contribution is -2.27. The highest BCUT2D eigenvalue weighted by molar-refractivity contribution is 7.13. The van der Waals surface area contributed by atoms with Crippen LogP contribution in [0.15, 0.2) is 36.7 Å². The van der Waals surface area contributed by atoms with Crippen LogP contribution < -0.4 is 10.1 Å². The number of aromatic nitrogens is 2. The molecule has 0 aliphatic heterocycles. The largest absolute Gasteiger partial charge is 0.460 e. The summed E-state index contributed by atoms with van der Waals surface area (Å²) >= 11 is 1.00. The molecule has 5 nitrogen and oxygen atoms in total. The van der Waals surface area contributed by atoms with E-state index >= 15 is 0 Å². The fourth-order valence-electron chi connectivity index (χ4n) is 3.30. The average molecular weight is 409 g/mol. The van der Waals surface area contributed by atoms with Gasteiger partial charge in [-0.25, -0.2) is 4.98 Å². The van der Waals surface area contributed by atoms with Crippen LogP contribution in [0, 0.1) is 5.92 Å². The van der Waals surface area contributed by atoms with Gasteiger partial charge in [0.05, 0.1) is 10.9 Å². The molecule has 0 radical (unpaired) electrons. The Morgan fingerprint density at radius 2 is 2.21 bits per heavy atom. The van der Waals surface area contributed by atoms with Crippen molar-refractivity contribution in [2.24, 2.45) is 5.92 Å². The third kappa shape index (κ3) is 3.99. The van der Waals surface area contributed by atoms with Gasteiger partial charge in [0.25, 0.3) is 5.19 Å². The first-order valence-electron chi connectivity index (χ1n) is 8.83. The van der Waals surface area contributed by atoms with Gasteiger partial charge < -0.3 is 15.0 Å². The standard InChI is InChI=1S/C19H18F3N3O2S/c1-10(16-8-24-18(28-16)27-9-19(20,21)22)25-17(26)13-6-12(13)14-7-23-15-5-3-2-4-11(14)15/h2-5,7-8,10,12-13,23H,6,9H2,1H3,(H,25,26)/t10?,12-,13-/m0/s1. The summed E-state index contributed by atoms with van der Waals surface area (Å²) in [4.78, 5) is 20.3. The zero-order chi connectivity index (χ0) is 19.9. The van der Waals surface area contributed by atoms with Gasteiger partial charge >= 0.3 is 6.18 Å². The summed E-state index contributed by atoms with van der Waals surface area (Å²) in [6.45, 7) is 0.400. The van der Waals surface area contributed by atoms with Gasteiger partial charge in [0.2, 0.25) is 5.91 Å². The minimum absolute atomic E-state index is 0.0588. The fraction of sp³-hybridized carbons (Fsp3) is 0.368. The molecule has 3 atom stereocenters. The van der Waals surface area contributed by atoms with Gasteiger partial charge in [-0.15, -0.1) is 0 Å². The summed E-state index contributed by atoms with van der Waals surface area (Å²) in [5.74, 6) is 0.0139. The maximum absolute atomic E-state index is 12.6. The van der Waals surface area contributed by atoms with Crippen LogP contribution in [-0.2, 0) is 4.79 Å². The van der Waals surface area contributed by atoms with Crippen molar-refractivity contribution < 1.29 is 22.7 Å². The van der Waals surface area contributed by atoms with Gasteiger partial charge in [-0.1, -0.05) is 29.5 Å². The number of carbonyl (C=O) groups excluding carboxylic acids is 1. The van der Waals surface area contributed by atoms with Crippen molar-refractivity contribution in [3.63, 3.8) is 0 Å². The molecule has 148 valence electrons. The first kappa shape index (κ1) is 18.8. The lowest BCUT2D eigenvalue weighted by atomic mass is 10.1. The topological polar surface area (TPSA) is 67.0 Å². The second-order valence-corrected chi connectivity index (χ2v) is 7.93. The molecule has 1 aliphatic carbocycles. The summed E-state index contributed by atoms with van der Waals surface area (Å²) in [6.07, 6.45) is -0.233. The molecule has 1 fully saturated rings. The van der Waals surface area contributed by atoms with Gasteiger partial charge in [-0.05, 0) is 30.9 Å². The molecular weight excluding hydrogens is 391 g/mol. The summed E-state index contributed by atoms with van der Waals surface area (Å²) in [5.41, 5.74) is 2.19. The molecular formula is C19H18F3N3O2S. The average Bonchev–Trinajstić information content (AvgIpc) is 3.11. The number of benzene rings is 1. The predicted molar refractivity (Wildman–Crippen MR) is 99.4 cm³/mol. The Morgan fingerprint density at radius 3 is 3.00 bits per heavy atom. The third-order valence-electron chi connectivity index (χ3n) is 4.80. The van der Waals surface area contributed by atoms with Crippen molar-refractivity contribution >= 4 is 28.1 Å². The molecule has 0 spiro atoms. The molecule has 1 aliphatic rings. The van der Waals surface area contributed by atoms with Crippen molar-refractivity contribution in [2.75, 3.05) is 6.61 Å². The SMILES string of the molecule is CC(NC(=O)[C@H]1C[C@@H]1c1c[nH]c2ccccc12)c1cnc(OCC(F)(F)F)s1. The zero-order valence-corrected chi connectivity index (χ0v) is 15.7. The van der Waals surface area contributed by atoms with Crippen LogP contribution in [0.3, 0.4) is 0 Å². The highest BCUT2D eigenvalue weighted by atomic mass is 32.1. The minimum Gasteiger partial charge on any atom is -0.460 e. The Morgan fingerprint density at radius 1 is 1.43 bits per heavy atom. The number of thiazole rings is 1. The van der Waals surface area contributed by atoms with Crippen molar-refractivity contribution in [3.05, 3.63) is 47.1 Å². The second-order valence-electron chi connectivity index (χ2n) is 6.90. The number of para-hydroxylation sites is 1. The molecule has 1 amide bonds. The summed E-state index contributed by atoms with van der Waals surface area (Å²) in [6, 6.07) is 7.62. The van der Waals surface area contributed by atoms with Crippen LogP contribution in [-0.4, -0.2) is 28.7 Å². The molecule has 2 aromatic heterocycles. The van der Waals surface area contributed by atoms with Crippen LogP contribution in [0.4, 0.5) is 13.2 Å². The van der Waals surface area contributed by atoms with E-state index < -0.39 is 12.8 Å². The smallest absolute Gasteiger partial charge is 0.422 e. The number of rotatable bonds is 6. The van der Waals surface area contributed by atoms with Gasteiger partial charge in [0, 0.05) is 29.2 Å². The van der Waals surface area contributed by atoms with E-state index in [-0.39, 0.29) is 29.0 Å². The van der Waals surface area contributed by atoms with Crippen molar-refractivity contribution in [3.8, 4) is 5.19 Å². The number of alkyl halides is 3. The number of hydrogen-bond donors (Lipinski definition) is 2. The highest BCUT2D eigenvalue weighted by Gasteiger charge is 2.45. The Kier molecular flexibility index (Phi) is 4.78. The molecule has 2 N–H and O–H groups in total. The number of carbonyl (C=O) groups is 1. The molecule has 0 bridgehead atoms. The number of fused-ring (bicyclic) bond motifs is 1. The van der Waals surface area contributed by atoms with E-state index in [0.29, 0.717) is 4.88 Å². The molecule has 4 rings (SSSR count). The maximum atomic E-state index is 12.6. The van der Waals surface area contributed by atoms with Gasteiger partial charge in [-0.3, -0.25) is 4.79 Å². The third-order valence-corrected chi connectivity index (χ3v) is 5.89. The van der Waals surface area contributed by atoms with E-state index in [1.165, 1.54) is 6.20 Å². The molecule has 1 saturated carbocycles. The van der Waals surface area contributed by atoms with Crippen LogP contribution in [0.1, 0.15) is 35.7 Å². The molecule has 0 saturated heterocycles. The zero-order valence-electron chi connectivity index (χ0n) is 14.9. The van der Waals surface area contributed by atoms with E-state index in [9.17, 15) is 18.0 Å². The monoisotopic (exact) mass is 409 g/mol. The van der Waals surface area contributed by atoms with Crippen molar-refractivity contribution in [2.45, 2.75) is 31.5 Å². The van der Waals surface area contributed by atoms with E-state index in [4.69, 9.17) is 0 Å². The van der Waals surface area contributed by atoms with E-state index in [1.807, 2.05) is 30.5 Å². The number of halogens is 3. The Labute approximate surface area is 162 Å². The number of ether oxygens (including phenoxy) is 1. The van der Waals surface area contributed by atoms with Gasteiger partial charge in [0.15, 0.2) is 6.61 Å². The molecule has 2 heterocycles. The van der Waals surface area contributed by atoms with Crippen molar-refractivity contribution in [1.29, 1.82) is 0 Å². The first-order chi connectivity index (χ1) is 13.3. The number of nitrogens with one attached hydrogen (secondary N) is 2. The maximum Gasteiger partial charge on any atom is 0.422 e. The van der Waals surface area contributed by atoms with E-state index in [2.05, 4.69) is 20.0 Å². The predicted octanol–water partition coefficient (Wildman–Crippen LogP) is 4.55. The van der Waals surface area contributed by atoms with E-state index in [0.717, 1.165) is 34.2 Å². The highest BCUT2D eigenvalue weighted by Crippen LogP contribution is 2.49. The number of amides is 1. The van der Waals surface area contributed by atoms with Gasteiger partial charge in [0.1, 0.15) is 0 Å². The molecule has 3 aromatic rings. The normalized spacial score (nSPS) is 20.1. The fourth-order valence-corrected chi connectivity index (χ4v) is 4.07. The number of hydrogen-bond acceptors (Lipinski definition) is 4. The molecule has 28 heavy (non-hydrogen) atoms. The molecule has 1 aromatic carbocycles. The molecule has 9 heteroatoms. The lowest BCUT2D eigenvalue weighted by Gasteiger charge is -2.11. The quantitative estimate of drug-likeness (QED) is 0.628. The lowest BCUT2D eigenvalue weighted by molar-refractivity contribution is -0.153. The summed E-state index contributed by atoms with van der Waals surface area (Å²) in [7, 11) is 0. The molecule has 1 unspecified atom stereocenters. The first-order valence-corrected chi connectivity index (χ1v) is 9.65. The Bertz CT molecular complexity index is 998. The number of H-pyrrole nitrogens is 1. The Balaban J connectivity index is 1.35. The van der Waals surface area contributed by atoms with Crippen LogP contribution in [0.25, 0.3) is 10.9 Å². The van der Waals surface area contributed by atoms with Gasteiger partial charge in [-0.2, -0.15) is 13.2 Å². The number of nitrogens with zero attached hydrogens (tertiary/aromatic N) is 1. The summed E-state index contributed by atoms with van der Waals surface area (Å²) < 4.78 is 41.3. The second kappa shape index (κ2) is 7.12. The van der Waals surface area contributed by atoms with Crippen molar-refractivity contribution in [1.82, 2.24) is 15.3 Å². The van der Waals surface area contributed by atoms with Crippen LogP contribution in [0.5, 0.6) is 5.19 Å². The van der Waals surface area contributed by atoms with E-state index in [1.54, 1.807) is 6.92 Å².